The van der Waals surface area contributed by atoms with Gasteiger partial charge in [-0.05, 0) is 6.42 Å². The van der Waals surface area contributed by atoms with Crippen molar-refractivity contribution < 1.29 is 97.3 Å². The standard InChI is InChI=1S/C12H24O5S.C3H8O3.2Na/c1-2-3-4-5-6-7-8-9-10-11(12(13)14)18(15,16)17;4-1-3(6)2-5;;/h11H,2-10H2,1H3,(H,13,14)(H,15,16,17);3-6H,1-2H2;;/q;;2*+1/p-2. The van der Waals surface area contributed by atoms with Crippen LogP contribution in [0, 0.1) is 0 Å². The molecular formula is C15H30Na2O8S. The second kappa shape index (κ2) is 22.5. The number of rotatable bonds is 13. The topological polar surface area (TPSA) is 158 Å². The van der Waals surface area contributed by atoms with Crippen LogP contribution >= 0.6 is 0 Å². The zero-order valence-corrected chi connectivity index (χ0v) is 21.0. The van der Waals surface area contributed by atoms with Gasteiger partial charge in [0, 0.05) is 0 Å². The molecule has 0 spiro atoms. The molecule has 0 saturated heterocycles. The number of unbranched alkanes of at least 4 members (excludes halogenated alkanes) is 7. The minimum Gasteiger partial charge on any atom is -0.747 e. The van der Waals surface area contributed by atoms with E-state index in [-0.39, 0.29) is 78.7 Å². The number of hydrogen-bond acceptors (Lipinski definition) is 8. The maximum atomic E-state index is 10.6. The maximum Gasteiger partial charge on any atom is 1.00 e. The Kier molecular flexibility index (Phi) is 30.1. The molecule has 11 heteroatoms. The molecule has 0 amide bonds. The van der Waals surface area contributed by atoms with Crippen molar-refractivity contribution in [3.8, 4) is 0 Å². The van der Waals surface area contributed by atoms with Gasteiger partial charge in [-0.1, -0.05) is 58.3 Å². The Hall–Kier alpha value is 1.26. The molecule has 0 aliphatic carbocycles. The number of carbonyl (C=O) groups is 1. The fraction of sp³-hybridized carbons (Fsp3) is 0.933. The molecule has 146 valence electrons. The zero-order chi connectivity index (χ0) is 19.0. The van der Waals surface area contributed by atoms with Crippen LogP contribution in [0.1, 0.15) is 64.7 Å². The minimum absolute atomic E-state index is 0. The van der Waals surface area contributed by atoms with Crippen molar-refractivity contribution in [2.75, 3.05) is 13.2 Å². The first-order valence-corrected chi connectivity index (χ1v) is 9.73. The summed E-state index contributed by atoms with van der Waals surface area (Å²) in [6.07, 6.45) is 6.89. The van der Waals surface area contributed by atoms with E-state index in [1.165, 1.54) is 19.3 Å². The quantitative estimate of drug-likeness (QED) is 0.152. The predicted molar refractivity (Wildman–Crippen MR) is 85.9 cm³/mol. The predicted octanol–water partition coefficient (Wildman–Crippen LogP) is -6.48. The molecule has 1 unspecified atom stereocenters. The summed E-state index contributed by atoms with van der Waals surface area (Å²) in [4.78, 5) is 10.5. The Morgan fingerprint density at radius 1 is 0.923 bits per heavy atom. The number of carboxylic acids is 1. The normalized spacial score (nSPS) is 11.6. The molecular weight excluding hydrogens is 386 g/mol. The van der Waals surface area contributed by atoms with E-state index < -0.39 is 27.4 Å². The maximum absolute atomic E-state index is 10.6. The third-order valence-corrected chi connectivity index (χ3v) is 4.48. The Labute approximate surface area is 201 Å². The van der Waals surface area contributed by atoms with Gasteiger partial charge in [0.25, 0.3) is 0 Å². The van der Waals surface area contributed by atoms with Crippen LogP contribution in [0.2, 0.25) is 0 Å². The molecule has 0 heterocycles. The summed E-state index contributed by atoms with van der Waals surface area (Å²) in [5.74, 6) is -1.78. The van der Waals surface area contributed by atoms with E-state index in [2.05, 4.69) is 6.92 Å². The van der Waals surface area contributed by atoms with Crippen LogP contribution in [-0.2, 0) is 14.9 Å². The molecule has 0 aromatic heterocycles. The van der Waals surface area contributed by atoms with Gasteiger partial charge in [0.2, 0.25) is 0 Å². The molecule has 0 aliphatic heterocycles. The molecule has 1 atom stereocenters. The smallest absolute Gasteiger partial charge is 0.747 e. The van der Waals surface area contributed by atoms with Crippen LogP contribution in [0.3, 0.4) is 0 Å². The van der Waals surface area contributed by atoms with E-state index >= 15 is 0 Å². The molecule has 0 aromatic carbocycles. The largest absolute Gasteiger partial charge is 1.00 e. The van der Waals surface area contributed by atoms with Gasteiger partial charge < -0.3 is 29.8 Å². The average Bonchev–Trinajstić information content (AvgIpc) is 2.51. The van der Waals surface area contributed by atoms with E-state index in [0.717, 1.165) is 25.7 Å². The fourth-order valence-electron chi connectivity index (χ4n) is 1.90. The monoisotopic (exact) mass is 416 g/mol. The van der Waals surface area contributed by atoms with Crippen molar-refractivity contribution in [3.05, 3.63) is 0 Å². The van der Waals surface area contributed by atoms with E-state index in [1.54, 1.807) is 0 Å². The van der Waals surface area contributed by atoms with Crippen LogP contribution in [0.15, 0.2) is 0 Å². The van der Waals surface area contributed by atoms with Gasteiger partial charge in [0.1, 0.15) is 16.2 Å². The molecule has 3 N–H and O–H groups in total. The second-order valence-corrected chi connectivity index (χ2v) is 7.14. The summed E-state index contributed by atoms with van der Waals surface area (Å²) < 4.78 is 31.9. The Bertz CT molecular complexity index is 402. The summed E-state index contributed by atoms with van der Waals surface area (Å²) in [6, 6.07) is 0. The number of aliphatic carboxylic acids is 1. The van der Waals surface area contributed by atoms with Gasteiger partial charge in [-0.2, -0.15) is 0 Å². The molecule has 0 fully saturated rings. The Morgan fingerprint density at radius 2 is 1.31 bits per heavy atom. The first-order valence-electron chi connectivity index (χ1n) is 8.26. The van der Waals surface area contributed by atoms with Gasteiger partial charge in [0.05, 0.1) is 24.4 Å². The molecule has 0 bridgehead atoms. The van der Waals surface area contributed by atoms with Crippen molar-refractivity contribution in [3.63, 3.8) is 0 Å². The van der Waals surface area contributed by atoms with Gasteiger partial charge in [0.15, 0.2) is 0 Å². The van der Waals surface area contributed by atoms with Crippen LogP contribution < -0.4 is 64.2 Å². The van der Waals surface area contributed by atoms with Crippen LogP contribution in [0.25, 0.3) is 0 Å². The zero-order valence-electron chi connectivity index (χ0n) is 16.2. The SMILES string of the molecule is CCCCCCCCCCC(C(=O)[O-])S(=O)(=O)[O-].OCC(O)CO.[Na+].[Na+]. The number of carboxylic acid groups (broad SMARTS) is 1. The Balaban J connectivity index is -0.000000261. The Morgan fingerprint density at radius 3 is 1.58 bits per heavy atom. The van der Waals surface area contributed by atoms with E-state index in [1.807, 2.05) is 0 Å². The van der Waals surface area contributed by atoms with Crippen molar-refractivity contribution in [2.24, 2.45) is 0 Å². The van der Waals surface area contributed by atoms with Crippen molar-refractivity contribution in [1.29, 1.82) is 0 Å². The fourth-order valence-corrected chi connectivity index (χ4v) is 2.59. The van der Waals surface area contributed by atoms with Crippen LogP contribution in [0.5, 0.6) is 0 Å². The summed E-state index contributed by atoms with van der Waals surface area (Å²) in [6.45, 7) is 1.41. The number of aliphatic hydroxyl groups excluding tert-OH is 3. The van der Waals surface area contributed by atoms with E-state index in [0.29, 0.717) is 6.42 Å². The molecule has 0 saturated carbocycles. The summed E-state index contributed by atoms with van der Waals surface area (Å²) in [5, 5.41) is 32.6. The van der Waals surface area contributed by atoms with E-state index in [9.17, 15) is 22.9 Å². The van der Waals surface area contributed by atoms with Gasteiger partial charge in [-0.3, -0.25) is 0 Å². The first kappa shape index (κ1) is 34.7. The number of aliphatic hydroxyl groups is 3. The molecule has 0 rings (SSSR count). The second-order valence-electron chi connectivity index (χ2n) is 5.58. The first-order chi connectivity index (χ1) is 11.2. The van der Waals surface area contributed by atoms with Gasteiger partial charge in [-0.15, -0.1) is 0 Å². The molecule has 0 radical (unpaired) electrons. The average molecular weight is 416 g/mol. The molecule has 26 heavy (non-hydrogen) atoms. The van der Waals surface area contributed by atoms with Crippen LogP contribution in [-0.4, -0.2) is 58.8 Å². The number of hydrogen-bond donors (Lipinski definition) is 3. The summed E-state index contributed by atoms with van der Waals surface area (Å²) >= 11 is 0. The van der Waals surface area contributed by atoms with Crippen molar-refractivity contribution in [2.45, 2.75) is 76.1 Å². The third-order valence-electron chi connectivity index (χ3n) is 3.35. The van der Waals surface area contributed by atoms with Crippen LogP contribution in [0.4, 0.5) is 0 Å². The van der Waals surface area contributed by atoms with E-state index in [4.69, 9.17) is 15.3 Å². The molecule has 0 aliphatic rings. The number of carbonyl (C=O) groups excluding carboxylic acids is 1. The van der Waals surface area contributed by atoms with Gasteiger partial charge >= 0.3 is 59.1 Å². The van der Waals surface area contributed by atoms with Crippen molar-refractivity contribution in [1.82, 2.24) is 0 Å². The molecule has 0 aromatic rings. The molecule has 8 nitrogen and oxygen atoms in total. The van der Waals surface area contributed by atoms with Gasteiger partial charge in [-0.25, -0.2) is 8.42 Å². The third kappa shape index (κ3) is 23.3. The summed E-state index contributed by atoms with van der Waals surface area (Å²) in [7, 11) is -4.78. The minimum atomic E-state index is -4.78. The summed E-state index contributed by atoms with van der Waals surface area (Å²) in [5.41, 5.74) is 0. The van der Waals surface area contributed by atoms with Crippen molar-refractivity contribution >= 4 is 16.1 Å².